The Morgan fingerprint density at radius 1 is 1.24 bits per heavy atom. The van der Waals surface area contributed by atoms with Gasteiger partial charge in [0.05, 0.1) is 12.7 Å². The van der Waals surface area contributed by atoms with Crippen molar-refractivity contribution >= 4 is 11.9 Å². The minimum atomic E-state index is -1.06. The molecule has 0 aliphatic rings. The second-order valence-electron chi connectivity index (χ2n) is 4.16. The number of ether oxygens (including phenoxy) is 3. The number of nitrogens with one attached hydrogen (secondary N) is 1. The van der Waals surface area contributed by atoms with Gasteiger partial charge in [0.2, 0.25) is 0 Å². The molecule has 0 radical (unpaired) electrons. The molecule has 1 aromatic rings. The Hall–Kier alpha value is -2.28. The van der Waals surface area contributed by atoms with Gasteiger partial charge in [-0.25, -0.2) is 4.79 Å². The number of carbonyl (C=O) groups excluding carboxylic acids is 1. The number of carboxylic acids is 1. The molecular weight excluding hydrogens is 278 g/mol. The molecule has 7 heteroatoms. The van der Waals surface area contributed by atoms with Gasteiger partial charge in [0.15, 0.2) is 18.1 Å². The Bertz CT molecular complexity index is 488. The molecule has 0 aliphatic heterocycles. The number of carbonyl (C=O) groups is 2. The minimum Gasteiger partial charge on any atom is -0.493 e. The number of hydrogen-bond acceptors (Lipinski definition) is 5. The molecule has 0 unspecified atom stereocenters. The summed E-state index contributed by atoms with van der Waals surface area (Å²) in [6.45, 7) is 0.909. The Labute approximate surface area is 122 Å². The topological polar surface area (TPSA) is 94.1 Å². The van der Waals surface area contributed by atoms with Gasteiger partial charge < -0.3 is 24.6 Å². The lowest BCUT2D eigenvalue weighted by Crippen LogP contribution is -2.30. The van der Waals surface area contributed by atoms with E-state index in [0.29, 0.717) is 18.9 Å². The highest BCUT2D eigenvalue weighted by atomic mass is 16.5. The molecule has 0 saturated carbocycles. The molecule has 0 fully saturated rings. The smallest absolute Gasteiger partial charge is 0.335 e. The molecule has 21 heavy (non-hydrogen) atoms. The SMILES string of the molecule is COCCCNC(=O)COc1ccc(C(=O)O)cc1OC. The second-order valence-corrected chi connectivity index (χ2v) is 4.16. The minimum absolute atomic E-state index is 0.0863. The molecular formula is C14H19NO6. The van der Waals surface area contributed by atoms with Gasteiger partial charge >= 0.3 is 5.97 Å². The maximum atomic E-state index is 11.5. The monoisotopic (exact) mass is 297 g/mol. The highest BCUT2D eigenvalue weighted by molar-refractivity contribution is 5.88. The van der Waals surface area contributed by atoms with Crippen LogP contribution in [0.3, 0.4) is 0 Å². The molecule has 1 amide bonds. The molecule has 0 atom stereocenters. The lowest BCUT2D eigenvalue weighted by Gasteiger charge is -2.11. The van der Waals surface area contributed by atoms with E-state index >= 15 is 0 Å². The Morgan fingerprint density at radius 2 is 2.00 bits per heavy atom. The zero-order chi connectivity index (χ0) is 15.7. The highest BCUT2D eigenvalue weighted by Crippen LogP contribution is 2.27. The maximum absolute atomic E-state index is 11.5. The molecule has 0 saturated heterocycles. The number of amides is 1. The van der Waals surface area contributed by atoms with Gasteiger partial charge in [-0.2, -0.15) is 0 Å². The van der Waals surface area contributed by atoms with Crippen LogP contribution in [0.4, 0.5) is 0 Å². The Balaban J connectivity index is 2.51. The van der Waals surface area contributed by atoms with Crippen LogP contribution in [0.5, 0.6) is 11.5 Å². The van der Waals surface area contributed by atoms with E-state index in [0.717, 1.165) is 6.42 Å². The van der Waals surface area contributed by atoms with Gasteiger partial charge in [-0.15, -0.1) is 0 Å². The van der Waals surface area contributed by atoms with Gasteiger partial charge in [-0.05, 0) is 24.6 Å². The fourth-order valence-electron chi connectivity index (χ4n) is 1.56. The number of rotatable bonds is 9. The zero-order valence-electron chi connectivity index (χ0n) is 12.0. The van der Waals surface area contributed by atoms with Crippen LogP contribution in [0.25, 0.3) is 0 Å². The molecule has 1 rings (SSSR count). The van der Waals surface area contributed by atoms with Gasteiger partial charge in [-0.3, -0.25) is 4.79 Å². The summed E-state index contributed by atoms with van der Waals surface area (Å²) in [5.41, 5.74) is 0.0863. The average molecular weight is 297 g/mol. The summed E-state index contributed by atoms with van der Waals surface area (Å²) < 4.78 is 15.2. The summed E-state index contributed by atoms with van der Waals surface area (Å²) in [6, 6.07) is 4.19. The van der Waals surface area contributed by atoms with Crippen molar-refractivity contribution in [3.05, 3.63) is 23.8 Å². The summed E-state index contributed by atoms with van der Waals surface area (Å²) in [5, 5.41) is 11.6. The lowest BCUT2D eigenvalue weighted by molar-refractivity contribution is -0.123. The normalized spacial score (nSPS) is 10.0. The first-order valence-electron chi connectivity index (χ1n) is 6.38. The predicted molar refractivity (Wildman–Crippen MR) is 75.0 cm³/mol. The van der Waals surface area contributed by atoms with Crippen molar-refractivity contribution in [3.8, 4) is 11.5 Å². The number of carboxylic acid groups (broad SMARTS) is 1. The van der Waals surface area contributed by atoms with E-state index < -0.39 is 5.97 Å². The third kappa shape index (κ3) is 5.70. The number of methoxy groups -OCH3 is 2. The first-order valence-corrected chi connectivity index (χ1v) is 6.38. The van der Waals surface area contributed by atoms with E-state index in [1.807, 2.05) is 0 Å². The molecule has 0 aliphatic carbocycles. The lowest BCUT2D eigenvalue weighted by atomic mass is 10.2. The van der Waals surface area contributed by atoms with Crippen LogP contribution < -0.4 is 14.8 Å². The Kier molecular flexibility index (Phi) is 7.03. The van der Waals surface area contributed by atoms with E-state index in [1.54, 1.807) is 7.11 Å². The van der Waals surface area contributed by atoms with Crippen molar-refractivity contribution in [1.82, 2.24) is 5.32 Å². The quantitative estimate of drug-likeness (QED) is 0.658. The second kappa shape index (κ2) is 8.80. The molecule has 2 N–H and O–H groups in total. The van der Waals surface area contributed by atoms with Crippen LogP contribution in [0, 0.1) is 0 Å². The largest absolute Gasteiger partial charge is 0.493 e. The number of benzene rings is 1. The van der Waals surface area contributed by atoms with Crippen LogP contribution in [0.1, 0.15) is 16.8 Å². The first-order chi connectivity index (χ1) is 10.1. The van der Waals surface area contributed by atoms with Gasteiger partial charge in [0.25, 0.3) is 5.91 Å². The van der Waals surface area contributed by atoms with Crippen molar-refractivity contribution < 1.29 is 28.9 Å². The first kappa shape index (κ1) is 16.8. The van der Waals surface area contributed by atoms with Crippen LogP contribution in [0.15, 0.2) is 18.2 Å². The van der Waals surface area contributed by atoms with Crippen molar-refractivity contribution in [2.45, 2.75) is 6.42 Å². The Morgan fingerprint density at radius 3 is 2.62 bits per heavy atom. The van der Waals surface area contributed by atoms with Gasteiger partial charge in [0.1, 0.15) is 0 Å². The van der Waals surface area contributed by atoms with Crippen LogP contribution in [-0.2, 0) is 9.53 Å². The third-order valence-corrected chi connectivity index (χ3v) is 2.62. The number of hydrogen-bond donors (Lipinski definition) is 2. The fraction of sp³-hybridized carbons (Fsp3) is 0.429. The molecule has 1 aromatic carbocycles. The van der Waals surface area contributed by atoms with Gasteiger partial charge in [0, 0.05) is 20.3 Å². The zero-order valence-corrected chi connectivity index (χ0v) is 12.0. The third-order valence-electron chi connectivity index (χ3n) is 2.62. The molecule has 0 heterocycles. The average Bonchev–Trinajstić information content (AvgIpc) is 2.49. The maximum Gasteiger partial charge on any atom is 0.335 e. The molecule has 0 spiro atoms. The predicted octanol–water partition coefficient (Wildman–Crippen LogP) is 0.925. The summed E-state index contributed by atoms with van der Waals surface area (Å²) in [4.78, 5) is 22.4. The molecule has 7 nitrogen and oxygen atoms in total. The van der Waals surface area contributed by atoms with Crippen molar-refractivity contribution in [2.24, 2.45) is 0 Å². The number of aromatic carboxylic acids is 1. The van der Waals surface area contributed by atoms with E-state index in [2.05, 4.69) is 5.32 Å². The van der Waals surface area contributed by atoms with E-state index in [-0.39, 0.29) is 23.8 Å². The molecule has 116 valence electrons. The summed E-state index contributed by atoms with van der Waals surface area (Å²) in [7, 11) is 3.00. The van der Waals surface area contributed by atoms with E-state index in [9.17, 15) is 9.59 Å². The van der Waals surface area contributed by atoms with Crippen LogP contribution in [0.2, 0.25) is 0 Å². The van der Waals surface area contributed by atoms with Crippen LogP contribution >= 0.6 is 0 Å². The fourth-order valence-corrected chi connectivity index (χ4v) is 1.56. The summed E-state index contributed by atoms with van der Waals surface area (Å²) in [5.74, 6) is -0.747. The van der Waals surface area contributed by atoms with Crippen LogP contribution in [-0.4, -0.2) is 51.0 Å². The van der Waals surface area contributed by atoms with E-state index in [1.165, 1.54) is 25.3 Å². The van der Waals surface area contributed by atoms with Crippen molar-refractivity contribution in [3.63, 3.8) is 0 Å². The molecule has 0 aromatic heterocycles. The van der Waals surface area contributed by atoms with Gasteiger partial charge in [-0.1, -0.05) is 0 Å². The van der Waals surface area contributed by atoms with Crippen molar-refractivity contribution in [1.29, 1.82) is 0 Å². The summed E-state index contributed by atoms with van der Waals surface area (Å²) in [6.07, 6.45) is 0.721. The van der Waals surface area contributed by atoms with E-state index in [4.69, 9.17) is 19.3 Å². The standard InChI is InChI=1S/C14H19NO6/c1-19-7-3-6-15-13(16)9-21-11-5-4-10(14(17)18)8-12(11)20-2/h4-5,8H,3,6-7,9H2,1-2H3,(H,15,16)(H,17,18). The van der Waals surface area contributed by atoms with Crippen molar-refractivity contribution in [2.75, 3.05) is 34.0 Å². The highest BCUT2D eigenvalue weighted by Gasteiger charge is 2.11. The molecule has 0 bridgehead atoms. The summed E-state index contributed by atoms with van der Waals surface area (Å²) >= 11 is 0.